The Balaban J connectivity index is 1.97. The van der Waals surface area contributed by atoms with Gasteiger partial charge >= 0.3 is 0 Å². The second kappa shape index (κ2) is 6.43. The van der Waals surface area contributed by atoms with Crippen molar-refractivity contribution in [1.29, 1.82) is 0 Å². The van der Waals surface area contributed by atoms with E-state index in [1.807, 2.05) is 36.4 Å². The maximum absolute atomic E-state index is 11.6. The van der Waals surface area contributed by atoms with Gasteiger partial charge in [-0.25, -0.2) is 0 Å². The van der Waals surface area contributed by atoms with E-state index in [4.69, 9.17) is 11.5 Å². The van der Waals surface area contributed by atoms with Gasteiger partial charge in [0.25, 0.3) is 0 Å². The van der Waals surface area contributed by atoms with E-state index in [0.717, 1.165) is 16.9 Å². The SMILES string of the molecule is NC=CC(=O)c1ccc(NCc2ccc(N)cc2)cc1. The van der Waals surface area contributed by atoms with Gasteiger partial charge in [-0.3, -0.25) is 4.79 Å². The first-order valence-electron chi connectivity index (χ1n) is 6.30. The van der Waals surface area contributed by atoms with E-state index in [1.54, 1.807) is 12.1 Å². The average Bonchev–Trinajstić information content (AvgIpc) is 2.47. The number of rotatable bonds is 5. The minimum absolute atomic E-state index is 0.0995. The molecule has 0 aliphatic heterocycles. The molecule has 0 aromatic heterocycles. The Morgan fingerprint density at radius 2 is 1.70 bits per heavy atom. The lowest BCUT2D eigenvalue weighted by molar-refractivity contribution is 0.104. The van der Waals surface area contributed by atoms with Gasteiger partial charge in [0.05, 0.1) is 0 Å². The van der Waals surface area contributed by atoms with Crippen molar-refractivity contribution in [3.63, 3.8) is 0 Å². The molecule has 0 radical (unpaired) electrons. The lowest BCUT2D eigenvalue weighted by atomic mass is 10.1. The molecule has 0 bridgehead atoms. The quantitative estimate of drug-likeness (QED) is 0.442. The van der Waals surface area contributed by atoms with Gasteiger partial charge in [-0.2, -0.15) is 0 Å². The molecule has 0 spiro atoms. The van der Waals surface area contributed by atoms with Crippen molar-refractivity contribution in [3.8, 4) is 0 Å². The summed E-state index contributed by atoms with van der Waals surface area (Å²) in [6.45, 7) is 0.705. The molecular weight excluding hydrogens is 250 g/mol. The molecule has 20 heavy (non-hydrogen) atoms. The number of allylic oxidation sites excluding steroid dienone is 1. The van der Waals surface area contributed by atoms with Crippen molar-refractivity contribution in [2.24, 2.45) is 5.73 Å². The fraction of sp³-hybridized carbons (Fsp3) is 0.0625. The van der Waals surface area contributed by atoms with Crippen LogP contribution < -0.4 is 16.8 Å². The Kier molecular flexibility index (Phi) is 4.39. The molecule has 0 amide bonds. The van der Waals surface area contributed by atoms with E-state index < -0.39 is 0 Å². The predicted molar refractivity (Wildman–Crippen MR) is 82.3 cm³/mol. The zero-order chi connectivity index (χ0) is 14.4. The maximum Gasteiger partial charge on any atom is 0.187 e. The summed E-state index contributed by atoms with van der Waals surface area (Å²) in [4.78, 5) is 11.6. The lowest BCUT2D eigenvalue weighted by Gasteiger charge is -2.07. The molecule has 5 N–H and O–H groups in total. The lowest BCUT2D eigenvalue weighted by Crippen LogP contribution is -2.01. The maximum atomic E-state index is 11.6. The zero-order valence-electron chi connectivity index (χ0n) is 11.0. The summed E-state index contributed by atoms with van der Waals surface area (Å²) in [6, 6.07) is 15.0. The molecule has 4 heteroatoms. The van der Waals surface area contributed by atoms with Gasteiger partial charge in [0, 0.05) is 29.6 Å². The van der Waals surface area contributed by atoms with Crippen molar-refractivity contribution >= 4 is 17.2 Å². The Hall–Kier alpha value is -2.75. The van der Waals surface area contributed by atoms with Gasteiger partial charge in [0.1, 0.15) is 0 Å². The normalized spacial score (nSPS) is 10.6. The van der Waals surface area contributed by atoms with E-state index >= 15 is 0 Å². The van der Waals surface area contributed by atoms with Gasteiger partial charge in [-0.1, -0.05) is 12.1 Å². The molecule has 0 aliphatic rings. The van der Waals surface area contributed by atoms with Gasteiger partial charge in [0.15, 0.2) is 5.78 Å². The van der Waals surface area contributed by atoms with Crippen molar-refractivity contribution in [2.75, 3.05) is 11.1 Å². The van der Waals surface area contributed by atoms with Crippen LogP contribution >= 0.6 is 0 Å². The van der Waals surface area contributed by atoms with Gasteiger partial charge in [-0.15, -0.1) is 0 Å². The van der Waals surface area contributed by atoms with Crippen molar-refractivity contribution in [2.45, 2.75) is 6.54 Å². The van der Waals surface area contributed by atoms with Crippen LogP contribution in [0.1, 0.15) is 15.9 Å². The molecule has 0 atom stereocenters. The number of hydrogen-bond donors (Lipinski definition) is 3. The van der Waals surface area contributed by atoms with E-state index in [1.165, 1.54) is 12.3 Å². The summed E-state index contributed by atoms with van der Waals surface area (Å²) >= 11 is 0. The summed E-state index contributed by atoms with van der Waals surface area (Å²) in [5, 5.41) is 3.28. The second-order valence-corrected chi connectivity index (χ2v) is 4.40. The standard InChI is InChI=1S/C16H17N3O/c17-10-9-16(20)13-3-7-15(8-4-13)19-11-12-1-5-14(18)6-2-12/h1-10,19H,11,17-18H2. The topological polar surface area (TPSA) is 81.1 Å². The number of benzene rings is 2. The molecule has 2 rings (SSSR count). The third kappa shape index (κ3) is 3.62. The number of anilines is 2. The molecule has 2 aromatic carbocycles. The second-order valence-electron chi connectivity index (χ2n) is 4.40. The molecule has 2 aromatic rings. The predicted octanol–water partition coefficient (Wildman–Crippen LogP) is 2.54. The third-order valence-corrected chi connectivity index (χ3v) is 2.89. The average molecular weight is 267 g/mol. The monoisotopic (exact) mass is 267 g/mol. The van der Waals surface area contributed by atoms with Crippen molar-refractivity contribution in [1.82, 2.24) is 0 Å². The molecule has 102 valence electrons. The highest BCUT2D eigenvalue weighted by Crippen LogP contribution is 2.13. The molecule has 0 unspecified atom stereocenters. The molecule has 0 heterocycles. The Labute approximate surface area is 118 Å². The zero-order valence-corrected chi connectivity index (χ0v) is 11.0. The highest BCUT2D eigenvalue weighted by molar-refractivity contribution is 6.04. The van der Waals surface area contributed by atoms with Crippen LogP contribution in [0.4, 0.5) is 11.4 Å². The van der Waals surface area contributed by atoms with E-state index in [2.05, 4.69) is 5.32 Å². The number of nitrogens with two attached hydrogens (primary N) is 2. The first kappa shape index (κ1) is 13.7. The Bertz CT molecular complexity index is 601. The highest BCUT2D eigenvalue weighted by Gasteiger charge is 2.01. The Morgan fingerprint density at radius 1 is 1.05 bits per heavy atom. The smallest absolute Gasteiger partial charge is 0.187 e. The number of nitrogens with one attached hydrogen (secondary N) is 1. The number of carbonyl (C=O) groups is 1. The number of ketones is 1. The van der Waals surface area contributed by atoms with Gasteiger partial charge in [0.2, 0.25) is 0 Å². The molecule has 4 nitrogen and oxygen atoms in total. The number of hydrogen-bond acceptors (Lipinski definition) is 4. The summed E-state index contributed by atoms with van der Waals surface area (Å²) in [5.74, 6) is -0.0995. The molecular formula is C16H17N3O. The third-order valence-electron chi connectivity index (χ3n) is 2.89. The summed E-state index contributed by atoms with van der Waals surface area (Å²) in [6.07, 6.45) is 2.59. The molecule has 0 saturated heterocycles. The van der Waals surface area contributed by atoms with Crippen LogP contribution in [0.25, 0.3) is 0 Å². The minimum Gasteiger partial charge on any atom is -0.404 e. The van der Waals surface area contributed by atoms with Crippen LogP contribution in [-0.4, -0.2) is 5.78 Å². The largest absolute Gasteiger partial charge is 0.404 e. The molecule has 0 aliphatic carbocycles. The van der Waals surface area contributed by atoms with Crippen LogP contribution in [0.15, 0.2) is 60.8 Å². The fourth-order valence-electron chi connectivity index (χ4n) is 1.78. The fourth-order valence-corrected chi connectivity index (χ4v) is 1.78. The first-order chi connectivity index (χ1) is 9.69. The van der Waals surface area contributed by atoms with E-state index in [-0.39, 0.29) is 5.78 Å². The van der Waals surface area contributed by atoms with Crippen LogP contribution in [-0.2, 0) is 6.54 Å². The summed E-state index contributed by atoms with van der Waals surface area (Å²) < 4.78 is 0. The molecule has 0 fully saturated rings. The number of nitrogen functional groups attached to an aromatic ring is 1. The van der Waals surface area contributed by atoms with Crippen LogP contribution in [0.2, 0.25) is 0 Å². The van der Waals surface area contributed by atoms with E-state index in [0.29, 0.717) is 12.1 Å². The van der Waals surface area contributed by atoms with Crippen LogP contribution in [0.5, 0.6) is 0 Å². The Morgan fingerprint density at radius 3 is 2.30 bits per heavy atom. The number of carbonyl (C=O) groups excluding carboxylic acids is 1. The summed E-state index contributed by atoms with van der Waals surface area (Å²) in [5.41, 5.74) is 14.3. The van der Waals surface area contributed by atoms with Gasteiger partial charge in [-0.05, 0) is 48.2 Å². The van der Waals surface area contributed by atoms with Crippen molar-refractivity contribution < 1.29 is 4.79 Å². The molecule has 0 saturated carbocycles. The highest BCUT2D eigenvalue weighted by atomic mass is 16.1. The van der Waals surface area contributed by atoms with E-state index in [9.17, 15) is 4.79 Å². The van der Waals surface area contributed by atoms with Gasteiger partial charge < -0.3 is 16.8 Å². The minimum atomic E-state index is -0.0995. The van der Waals surface area contributed by atoms with Crippen molar-refractivity contribution in [3.05, 3.63) is 71.9 Å². The first-order valence-corrected chi connectivity index (χ1v) is 6.30. The summed E-state index contributed by atoms with van der Waals surface area (Å²) in [7, 11) is 0. The van der Waals surface area contributed by atoms with Crippen LogP contribution in [0, 0.1) is 0 Å². The van der Waals surface area contributed by atoms with Crippen LogP contribution in [0.3, 0.4) is 0 Å².